The summed E-state index contributed by atoms with van der Waals surface area (Å²) in [4.78, 5) is 44.5. The molecule has 0 saturated carbocycles. The van der Waals surface area contributed by atoms with E-state index in [1.165, 1.54) is 0 Å². The van der Waals surface area contributed by atoms with Crippen molar-refractivity contribution in [2.45, 2.75) is 12.3 Å². The molecule has 1 heterocycles. The average molecular weight is 532 g/mol. The summed E-state index contributed by atoms with van der Waals surface area (Å²) < 4.78 is 5.89. The second-order valence-electron chi connectivity index (χ2n) is 8.52. The molecule has 0 aromatic heterocycles. The minimum absolute atomic E-state index is 0.0707. The zero-order chi connectivity index (χ0) is 27.0. The van der Waals surface area contributed by atoms with Gasteiger partial charge < -0.3 is 20.3 Å². The SMILES string of the molecule is CN1CCN=C1c1ccc(NC(=O)C(C=C=O)(NC(=O)Nc2ccc(Cl)cc2)OCc2ccccc2)cc1. The first-order valence-corrected chi connectivity index (χ1v) is 12.2. The van der Waals surface area contributed by atoms with Crippen molar-refractivity contribution in [3.63, 3.8) is 0 Å². The number of nitrogens with one attached hydrogen (secondary N) is 3. The van der Waals surface area contributed by atoms with E-state index in [-0.39, 0.29) is 6.61 Å². The molecule has 3 amide bonds. The molecule has 9 nitrogen and oxygen atoms in total. The van der Waals surface area contributed by atoms with Crippen LogP contribution in [0.2, 0.25) is 5.02 Å². The van der Waals surface area contributed by atoms with Crippen LogP contribution in [0.4, 0.5) is 16.2 Å². The number of urea groups is 1. The molecule has 0 radical (unpaired) electrons. The van der Waals surface area contributed by atoms with Gasteiger partial charge in [-0.15, -0.1) is 0 Å². The molecule has 4 rings (SSSR count). The van der Waals surface area contributed by atoms with Crippen molar-refractivity contribution in [1.82, 2.24) is 10.2 Å². The highest BCUT2D eigenvalue weighted by atomic mass is 35.5. The van der Waals surface area contributed by atoms with Gasteiger partial charge in [-0.25, -0.2) is 9.59 Å². The Balaban J connectivity index is 1.56. The number of carbonyl (C=O) groups is 2. The maximum atomic E-state index is 13.5. The standard InChI is InChI=1S/C28H26ClN5O4/c1-34-17-16-30-25(34)21-7-11-23(12-8-21)31-26(36)28(15-18-35,38-19-20-5-3-2-4-6-20)33-27(37)32-24-13-9-22(29)10-14-24/h2-15H,16-17,19H2,1H3,(H,31,36)(H2,32,33,37). The molecule has 3 N–H and O–H groups in total. The number of ether oxygens (including phenoxy) is 1. The molecule has 1 aliphatic heterocycles. The van der Waals surface area contributed by atoms with Gasteiger partial charge in [0.2, 0.25) is 0 Å². The van der Waals surface area contributed by atoms with Gasteiger partial charge in [-0.3, -0.25) is 15.1 Å². The molecule has 10 heteroatoms. The summed E-state index contributed by atoms with van der Waals surface area (Å²) in [5.41, 5.74) is 0.335. The van der Waals surface area contributed by atoms with E-state index in [4.69, 9.17) is 16.3 Å². The van der Waals surface area contributed by atoms with E-state index in [1.54, 1.807) is 54.5 Å². The zero-order valence-corrected chi connectivity index (χ0v) is 21.4. The minimum Gasteiger partial charge on any atom is -0.358 e. The molecule has 3 aromatic rings. The summed E-state index contributed by atoms with van der Waals surface area (Å²) in [6, 6.07) is 21.8. The summed E-state index contributed by atoms with van der Waals surface area (Å²) in [5, 5.41) is 8.31. The van der Waals surface area contributed by atoms with Crippen LogP contribution in [0.1, 0.15) is 11.1 Å². The number of rotatable bonds is 9. The van der Waals surface area contributed by atoms with Crippen LogP contribution in [0.5, 0.6) is 0 Å². The van der Waals surface area contributed by atoms with E-state index < -0.39 is 17.7 Å². The Labute approximate surface area is 225 Å². The number of likely N-dealkylation sites (N-methyl/N-ethyl adjacent to an activating group) is 1. The molecule has 0 aliphatic carbocycles. The largest absolute Gasteiger partial charge is 0.358 e. The first-order valence-electron chi connectivity index (χ1n) is 11.8. The lowest BCUT2D eigenvalue weighted by Crippen LogP contribution is -2.58. The van der Waals surface area contributed by atoms with Gasteiger partial charge in [-0.05, 0) is 54.1 Å². The van der Waals surface area contributed by atoms with E-state index in [1.807, 2.05) is 42.3 Å². The van der Waals surface area contributed by atoms with Gasteiger partial charge in [0.1, 0.15) is 11.8 Å². The van der Waals surface area contributed by atoms with Gasteiger partial charge in [-0.2, -0.15) is 0 Å². The Hall–Kier alpha value is -4.43. The number of amides is 3. The van der Waals surface area contributed by atoms with Crippen molar-refractivity contribution in [2.24, 2.45) is 4.99 Å². The van der Waals surface area contributed by atoms with Gasteiger partial charge in [0.25, 0.3) is 11.6 Å². The van der Waals surface area contributed by atoms with Gasteiger partial charge in [0, 0.05) is 35.6 Å². The fourth-order valence-electron chi connectivity index (χ4n) is 3.79. The van der Waals surface area contributed by atoms with Crippen LogP contribution in [-0.4, -0.2) is 54.5 Å². The highest BCUT2D eigenvalue weighted by Gasteiger charge is 2.40. The number of hydrogen-bond acceptors (Lipinski definition) is 6. The van der Waals surface area contributed by atoms with Crippen LogP contribution < -0.4 is 16.0 Å². The predicted octanol–water partition coefficient (Wildman–Crippen LogP) is 4.09. The Morgan fingerprint density at radius 2 is 1.68 bits per heavy atom. The molecule has 0 spiro atoms. The zero-order valence-electron chi connectivity index (χ0n) is 20.6. The lowest BCUT2D eigenvalue weighted by atomic mass is 10.1. The summed E-state index contributed by atoms with van der Waals surface area (Å²) in [7, 11) is 1.96. The highest BCUT2D eigenvalue weighted by Crippen LogP contribution is 2.20. The van der Waals surface area contributed by atoms with Crippen molar-refractivity contribution < 1.29 is 19.1 Å². The lowest BCUT2D eigenvalue weighted by molar-refractivity contribution is -0.139. The molecule has 194 valence electrons. The predicted molar refractivity (Wildman–Crippen MR) is 147 cm³/mol. The molecule has 3 aromatic carbocycles. The number of aliphatic imine (C=N–C) groups is 1. The van der Waals surface area contributed by atoms with Crippen LogP contribution in [-0.2, 0) is 20.9 Å². The molecule has 1 aliphatic rings. The number of hydrogen-bond donors (Lipinski definition) is 3. The Kier molecular flexibility index (Phi) is 8.55. The van der Waals surface area contributed by atoms with Gasteiger partial charge in [-0.1, -0.05) is 41.9 Å². The molecule has 0 saturated heterocycles. The highest BCUT2D eigenvalue weighted by molar-refractivity contribution is 6.30. The number of anilines is 2. The maximum absolute atomic E-state index is 13.5. The van der Waals surface area contributed by atoms with Crippen LogP contribution in [0, 0.1) is 0 Å². The fourth-order valence-corrected chi connectivity index (χ4v) is 3.92. The molecular formula is C28H26ClN5O4. The second-order valence-corrected chi connectivity index (χ2v) is 8.95. The van der Waals surface area contributed by atoms with Crippen molar-refractivity contribution in [3.05, 3.63) is 101 Å². The maximum Gasteiger partial charge on any atom is 0.322 e. The first kappa shape index (κ1) is 26.6. The number of nitrogens with zero attached hydrogens (tertiary/aromatic N) is 2. The molecule has 1 unspecified atom stereocenters. The fraction of sp³-hybridized carbons (Fsp3) is 0.179. The quantitative estimate of drug-likeness (QED) is 0.284. The molecule has 1 atom stereocenters. The van der Waals surface area contributed by atoms with Gasteiger partial charge in [0.15, 0.2) is 0 Å². The normalized spacial score (nSPS) is 14.1. The molecule has 0 bridgehead atoms. The molecular weight excluding hydrogens is 506 g/mol. The van der Waals surface area contributed by atoms with E-state index in [0.717, 1.165) is 36.1 Å². The lowest BCUT2D eigenvalue weighted by Gasteiger charge is -2.29. The second kappa shape index (κ2) is 12.2. The van der Waals surface area contributed by atoms with Crippen LogP contribution in [0.3, 0.4) is 0 Å². The third-order valence-corrected chi connectivity index (χ3v) is 6.02. The van der Waals surface area contributed by atoms with Gasteiger partial charge >= 0.3 is 6.03 Å². The number of benzene rings is 3. The third-order valence-electron chi connectivity index (χ3n) is 5.77. The topological polar surface area (TPSA) is 112 Å². The summed E-state index contributed by atoms with van der Waals surface area (Å²) in [5.74, 6) is 1.68. The van der Waals surface area contributed by atoms with Crippen molar-refractivity contribution in [3.8, 4) is 0 Å². The van der Waals surface area contributed by atoms with E-state index in [0.29, 0.717) is 16.4 Å². The first-order chi connectivity index (χ1) is 18.4. The smallest absolute Gasteiger partial charge is 0.322 e. The van der Waals surface area contributed by atoms with E-state index in [2.05, 4.69) is 20.9 Å². The van der Waals surface area contributed by atoms with E-state index in [9.17, 15) is 14.4 Å². The van der Waals surface area contributed by atoms with Crippen LogP contribution in [0.15, 0.2) is 89.9 Å². The van der Waals surface area contributed by atoms with Crippen molar-refractivity contribution >= 4 is 46.7 Å². The number of amidine groups is 1. The van der Waals surface area contributed by atoms with Crippen LogP contribution in [0.25, 0.3) is 0 Å². The average Bonchev–Trinajstić information content (AvgIpc) is 3.35. The monoisotopic (exact) mass is 531 g/mol. The molecule has 38 heavy (non-hydrogen) atoms. The summed E-state index contributed by atoms with van der Waals surface area (Å²) in [6.07, 6.45) is 0.837. The Bertz CT molecular complexity index is 1360. The molecule has 0 fully saturated rings. The summed E-state index contributed by atoms with van der Waals surface area (Å²) in [6.45, 7) is 1.50. The summed E-state index contributed by atoms with van der Waals surface area (Å²) >= 11 is 5.91. The van der Waals surface area contributed by atoms with Gasteiger partial charge in [0.05, 0.1) is 19.2 Å². The Morgan fingerprint density at radius 3 is 2.32 bits per heavy atom. The van der Waals surface area contributed by atoms with Crippen molar-refractivity contribution in [2.75, 3.05) is 30.8 Å². The van der Waals surface area contributed by atoms with E-state index >= 15 is 0 Å². The van der Waals surface area contributed by atoms with Crippen LogP contribution >= 0.6 is 11.6 Å². The number of carbonyl (C=O) groups excluding carboxylic acids is 3. The number of halogens is 1. The third kappa shape index (κ3) is 6.66. The van der Waals surface area contributed by atoms with Crippen molar-refractivity contribution in [1.29, 1.82) is 0 Å². The Morgan fingerprint density at radius 1 is 1.03 bits per heavy atom. The minimum atomic E-state index is -2.16.